The van der Waals surface area contributed by atoms with Crippen LogP contribution in [-0.4, -0.2) is 11.6 Å². The number of rotatable bonds is 22. The Morgan fingerprint density at radius 1 is 0.500 bits per heavy atom. The molecule has 2 aromatic rings. The van der Waals surface area contributed by atoms with Gasteiger partial charge in [-0.25, -0.2) is 0 Å². The molecule has 4 unspecified atom stereocenters. The molecule has 0 saturated carbocycles. The molecule has 1 saturated heterocycles. The van der Waals surface area contributed by atoms with Crippen molar-refractivity contribution in [3.05, 3.63) is 80.9 Å². The van der Waals surface area contributed by atoms with Crippen LogP contribution in [-0.2, 0) is 33.5 Å². The third-order valence-electron chi connectivity index (χ3n) is 13.5. The van der Waals surface area contributed by atoms with Crippen LogP contribution in [0, 0.1) is 11.8 Å². The number of aryl methyl sites for hydroxylation is 2. The molecule has 0 radical (unpaired) electrons. The molecule has 6 atom stereocenters. The van der Waals surface area contributed by atoms with E-state index in [1.807, 2.05) is 0 Å². The zero-order chi connectivity index (χ0) is 36.3. The Morgan fingerprint density at radius 3 is 1.21 bits per heavy atom. The average Bonchev–Trinajstić information content (AvgIpc) is 3.86. The van der Waals surface area contributed by atoms with Crippen molar-refractivity contribution < 1.29 is 19.1 Å². The van der Waals surface area contributed by atoms with Gasteiger partial charge in [-0.3, -0.25) is 9.59 Å². The van der Waals surface area contributed by atoms with Gasteiger partial charge in [-0.1, -0.05) is 129 Å². The number of carbonyl (C=O) groups excluding carboxylic acids is 2. The monoisotopic (exact) mass is 706 g/mol. The van der Waals surface area contributed by atoms with Crippen LogP contribution in [0.4, 0.5) is 0 Å². The first-order chi connectivity index (χ1) is 25.3. The van der Waals surface area contributed by atoms with Gasteiger partial charge in [-0.05, 0) is 109 Å². The number of ketones is 2. The molecule has 1 aliphatic carbocycles. The summed E-state index contributed by atoms with van der Waals surface area (Å²) in [5.74, 6) is -0.646. The second kappa shape index (κ2) is 16.4. The molecule has 5 aliphatic rings. The number of hydrogen-bond donors (Lipinski definition) is 0. The molecule has 4 nitrogen and oxygen atoms in total. The summed E-state index contributed by atoms with van der Waals surface area (Å²) in [6.45, 7) is 8.81. The number of carbonyl (C=O) groups is 2. The van der Waals surface area contributed by atoms with E-state index >= 15 is 0 Å². The Morgan fingerprint density at radius 2 is 0.846 bits per heavy atom. The van der Waals surface area contributed by atoms with Gasteiger partial charge < -0.3 is 9.47 Å². The highest BCUT2D eigenvalue weighted by molar-refractivity contribution is 6.17. The van der Waals surface area contributed by atoms with Crippen LogP contribution >= 0.6 is 0 Å². The summed E-state index contributed by atoms with van der Waals surface area (Å²) in [7, 11) is 0. The Kier molecular flexibility index (Phi) is 11.9. The number of Topliss-reactive ketones (excluding diaryl/α,β-unsaturated/α-hetero) is 2. The lowest BCUT2D eigenvalue weighted by molar-refractivity contribution is -0.0496. The van der Waals surface area contributed by atoms with Crippen LogP contribution in [0.1, 0.15) is 222 Å². The van der Waals surface area contributed by atoms with Gasteiger partial charge in [0, 0.05) is 11.1 Å². The number of fused-ring (bicyclic) bond motifs is 14. The Labute approximate surface area is 314 Å². The molecule has 4 heterocycles. The third-order valence-corrected chi connectivity index (χ3v) is 13.5. The predicted molar refractivity (Wildman–Crippen MR) is 211 cm³/mol. The van der Waals surface area contributed by atoms with Crippen LogP contribution < -0.4 is 0 Å². The normalized spacial score (nSPS) is 27.4. The molecule has 0 N–H and O–H groups in total. The minimum Gasteiger partial charge on any atom is -0.364 e. The van der Waals surface area contributed by atoms with Crippen LogP contribution in [0.3, 0.4) is 0 Å². The lowest BCUT2D eigenvalue weighted by atomic mass is 9.64. The fourth-order valence-electron chi connectivity index (χ4n) is 10.4. The summed E-state index contributed by atoms with van der Waals surface area (Å²) in [6.07, 6.45) is 31.9. The molecule has 4 aliphatic heterocycles. The van der Waals surface area contributed by atoms with Gasteiger partial charge in [-0.15, -0.1) is 0 Å². The first-order valence-electron chi connectivity index (χ1n) is 21.8. The predicted octanol–water partition coefficient (Wildman–Crippen LogP) is 13.1. The van der Waals surface area contributed by atoms with Crippen molar-refractivity contribution in [2.45, 2.75) is 192 Å². The van der Waals surface area contributed by atoms with Gasteiger partial charge in [0.2, 0.25) is 0 Å². The zero-order valence-electron chi connectivity index (χ0n) is 33.0. The number of unbranched alkanes of at least 4 members (excludes halogenated alkanes) is 18. The highest BCUT2D eigenvalue weighted by atomic mass is 16.5. The SMILES string of the molecule is CCCCCCCCCCCCc1cc2c(cc1CCCCCCCCCCCC)C(=O)C1C(C2=O)[C@@H]2O[C@H]1c1cc3c(cc12)C1(C)C=CC3(C)O1. The minimum atomic E-state index is -0.451. The highest BCUT2D eigenvalue weighted by Crippen LogP contribution is 2.63. The zero-order valence-corrected chi connectivity index (χ0v) is 33.0. The molecule has 7 rings (SSSR count). The second-order valence-corrected chi connectivity index (χ2v) is 17.5. The molecular weight excluding hydrogens is 641 g/mol. The number of benzene rings is 2. The lowest BCUT2D eigenvalue weighted by Crippen LogP contribution is -2.40. The van der Waals surface area contributed by atoms with E-state index in [1.165, 1.54) is 138 Å². The van der Waals surface area contributed by atoms with Gasteiger partial charge in [0.1, 0.15) is 11.2 Å². The fraction of sp³-hybridized carbons (Fsp3) is 0.667. The van der Waals surface area contributed by atoms with E-state index in [4.69, 9.17) is 9.47 Å². The van der Waals surface area contributed by atoms with Crippen LogP contribution in [0.25, 0.3) is 0 Å². The maximum atomic E-state index is 14.5. The standard InChI is InChI=1S/C48H66O4/c1-5-7-9-11-13-15-17-19-21-23-25-33-29-35-36(30-34(33)26-24-22-20-18-16-14-12-10-8-6-2)44(50)42-41(43(35)49)45-37-31-39-40(32-38(37)46(42)51-45)48(4)28-27-47(39,3)52-48/h27-32,41-42,45-46H,5-26H2,1-4H3/t41?,42?,45-,46+,47?,48?. The summed E-state index contributed by atoms with van der Waals surface area (Å²) < 4.78 is 13.1. The van der Waals surface area contributed by atoms with Crippen molar-refractivity contribution in [3.8, 4) is 0 Å². The third kappa shape index (κ3) is 7.29. The maximum Gasteiger partial charge on any atom is 0.170 e. The molecule has 2 aromatic carbocycles. The van der Waals surface area contributed by atoms with E-state index in [9.17, 15) is 9.59 Å². The summed E-state index contributed by atoms with van der Waals surface area (Å²) in [5, 5.41) is 0. The molecule has 0 aromatic heterocycles. The second-order valence-electron chi connectivity index (χ2n) is 17.5. The topological polar surface area (TPSA) is 52.6 Å². The summed E-state index contributed by atoms with van der Waals surface area (Å²) in [4.78, 5) is 29.0. The lowest BCUT2D eigenvalue weighted by Gasteiger charge is -2.34. The quantitative estimate of drug-likeness (QED) is 0.0903. The van der Waals surface area contributed by atoms with Gasteiger partial charge in [0.05, 0.1) is 24.0 Å². The summed E-state index contributed by atoms with van der Waals surface area (Å²) in [6, 6.07) is 8.78. The van der Waals surface area contributed by atoms with E-state index in [1.54, 1.807) is 0 Å². The molecule has 1 fully saturated rings. The van der Waals surface area contributed by atoms with E-state index in [-0.39, 0.29) is 23.8 Å². The van der Waals surface area contributed by atoms with Crippen LogP contribution in [0.2, 0.25) is 0 Å². The maximum absolute atomic E-state index is 14.5. The van der Waals surface area contributed by atoms with Crippen molar-refractivity contribution in [2.24, 2.45) is 11.8 Å². The van der Waals surface area contributed by atoms with E-state index in [2.05, 4.69) is 64.1 Å². The van der Waals surface area contributed by atoms with Gasteiger partial charge in [0.15, 0.2) is 11.6 Å². The Hall–Kier alpha value is -2.56. The van der Waals surface area contributed by atoms with Crippen LogP contribution in [0.5, 0.6) is 0 Å². The highest BCUT2D eigenvalue weighted by Gasteiger charge is 2.62. The van der Waals surface area contributed by atoms with Crippen LogP contribution in [0.15, 0.2) is 36.4 Å². The molecule has 0 amide bonds. The van der Waals surface area contributed by atoms with Crippen molar-refractivity contribution in [1.29, 1.82) is 0 Å². The molecule has 4 bridgehead atoms. The van der Waals surface area contributed by atoms with E-state index < -0.39 is 23.0 Å². The van der Waals surface area contributed by atoms with Gasteiger partial charge >= 0.3 is 0 Å². The molecular formula is C48H66O4. The number of ether oxygens (including phenoxy) is 2. The van der Waals surface area contributed by atoms with Crippen molar-refractivity contribution in [2.75, 3.05) is 0 Å². The van der Waals surface area contributed by atoms with Crippen molar-refractivity contribution >= 4 is 11.6 Å². The minimum absolute atomic E-state index is 0.115. The fourth-order valence-corrected chi connectivity index (χ4v) is 10.4. The molecule has 282 valence electrons. The Balaban J connectivity index is 1.04. The Bertz CT molecular complexity index is 1520. The van der Waals surface area contributed by atoms with Crippen molar-refractivity contribution in [1.82, 2.24) is 0 Å². The summed E-state index contributed by atoms with van der Waals surface area (Å²) >= 11 is 0. The van der Waals surface area contributed by atoms with E-state index in [0.717, 1.165) is 36.8 Å². The first-order valence-corrected chi connectivity index (χ1v) is 21.8. The summed E-state index contributed by atoms with van der Waals surface area (Å²) in [5.41, 5.74) is 7.55. The van der Waals surface area contributed by atoms with E-state index in [0.29, 0.717) is 11.1 Å². The molecule has 0 spiro atoms. The number of hydrogen-bond acceptors (Lipinski definition) is 4. The largest absolute Gasteiger partial charge is 0.364 e. The average molecular weight is 707 g/mol. The first kappa shape index (κ1) is 37.7. The molecule has 4 heteroatoms. The van der Waals surface area contributed by atoms with Gasteiger partial charge in [0.25, 0.3) is 0 Å². The van der Waals surface area contributed by atoms with Crippen molar-refractivity contribution in [3.63, 3.8) is 0 Å². The molecule has 52 heavy (non-hydrogen) atoms. The smallest absolute Gasteiger partial charge is 0.170 e. The van der Waals surface area contributed by atoms with Gasteiger partial charge in [-0.2, -0.15) is 0 Å².